The van der Waals surface area contributed by atoms with Crippen molar-refractivity contribution in [3.63, 3.8) is 0 Å². The molecular formula is C13H17N3O2S. The van der Waals surface area contributed by atoms with Gasteiger partial charge in [-0.15, -0.1) is 11.3 Å². The highest BCUT2D eigenvalue weighted by Crippen LogP contribution is 2.24. The smallest absolute Gasteiger partial charge is 0.269 e. The zero-order valence-corrected chi connectivity index (χ0v) is 12.0. The third-order valence-corrected chi connectivity index (χ3v) is 4.00. The van der Waals surface area contributed by atoms with Crippen LogP contribution in [0.4, 0.5) is 0 Å². The Bertz CT molecular complexity index is 573. The topological polar surface area (TPSA) is 67.2 Å². The van der Waals surface area contributed by atoms with Crippen molar-refractivity contribution in [1.82, 2.24) is 15.1 Å². The summed E-state index contributed by atoms with van der Waals surface area (Å²) in [7, 11) is 1.72. The number of carbonyl (C=O) groups excluding carboxylic acids is 1. The average molecular weight is 279 g/mol. The Morgan fingerprint density at radius 1 is 1.63 bits per heavy atom. The van der Waals surface area contributed by atoms with E-state index in [0.29, 0.717) is 5.69 Å². The minimum absolute atomic E-state index is 0.163. The number of aromatic nitrogens is 2. The molecule has 2 N–H and O–H groups in total. The predicted molar refractivity (Wildman–Crippen MR) is 74.2 cm³/mol. The Kier molecular flexibility index (Phi) is 3.73. The van der Waals surface area contributed by atoms with Gasteiger partial charge in [-0.2, -0.15) is 5.10 Å². The summed E-state index contributed by atoms with van der Waals surface area (Å²) in [6.45, 7) is 3.68. The summed E-state index contributed by atoms with van der Waals surface area (Å²) in [5.41, 5.74) is 0.217. The summed E-state index contributed by atoms with van der Waals surface area (Å²) in [4.78, 5) is 12.8. The highest BCUT2D eigenvalue weighted by molar-refractivity contribution is 7.10. The second kappa shape index (κ2) is 5.14. The van der Waals surface area contributed by atoms with Gasteiger partial charge in [-0.1, -0.05) is 6.07 Å². The first-order valence-electron chi connectivity index (χ1n) is 5.95. The maximum atomic E-state index is 12.0. The number of carbonyl (C=O) groups is 1. The van der Waals surface area contributed by atoms with Gasteiger partial charge in [0.15, 0.2) is 0 Å². The molecule has 6 heteroatoms. The number of amides is 1. The maximum Gasteiger partial charge on any atom is 0.269 e. The molecule has 0 bridgehead atoms. The van der Waals surface area contributed by atoms with Crippen LogP contribution in [0.3, 0.4) is 0 Å². The summed E-state index contributed by atoms with van der Waals surface area (Å²) in [5.74, 6) is -0.236. The van der Waals surface area contributed by atoms with Crippen LogP contribution in [-0.2, 0) is 12.6 Å². The van der Waals surface area contributed by atoms with Crippen LogP contribution < -0.4 is 5.32 Å². The SMILES string of the molecule is Cc1cc(C(=O)NCC(C)(O)c2cccs2)n(C)n1. The molecule has 19 heavy (non-hydrogen) atoms. The van der Waals surface area contributed by atoms with Gasteiger partial charge in [0.25, 0.3) is 5.91 Å². The molecule has 2 rings (SSSR count). The highest BCUT2D eigenvalue weighted by Gasteiger charge is 2.25. The van der Waals surface area contributed by atoms with Crippen molar-refractivity contribution in [1.29, 1.82) is 0 Å². The molecular weight excluding hydrogens is 262 g/mol. The molecule has 102 valence electrons. The van der Waals surface area contributed by atoms with Crippen molar-refractivity contribution >= 4 is 17.2 Å². The minimum Gasteiger partial charge on any atom is -0.383 e. The lowest BCUT2D eigenvalue weighted by molar-refractivity contribution is 0.0554. The fourth-order valence-corrected chi connectivity index (χ4v) is 2.63. The van der Waals surface area contributed by atoms with Gasteiger partial charge < -0.3 is 10.4 Å². The van der Waals surface area contributed by atoms with Gasteiger partial charge in [0.2, 0.25) is 0 Å². The van der Waals surface area contributed by atoms with Crippen LogP contribution in [0.25, 0.3) is 0 Å². The fourth-order valence-electron chi connectivity index (χ4n) is 1.84. The maximum absolute atomic E-state index is 12.0. The van der Waals surface area contributed by atoms with E-state index in [2.05, 4.69) is 10.4 Å². The summed E-state index contributed by atoms with van der Waals surface area (Å²) in [6.07, 6.45) is 0. The van der Waals surface area contributed by atoms with Crippen LogP contribution in [-0.4, -0.2) is 27.3 Å². The number of aliphatic hydroxyl groups is 1. The second-order valence-corrected chi connectivity index (χ2v) is 5.68. The van der Waals surface area contributed by atoms with Crippen LogP contribution in [0.5, 0.6) is 0 Å². The molecule has 0 spiro atoms. The normalized spacial score (nSPS) is 14.1. The molecule has 0 radical (unpaired) electrons. The lowest BCUT2D eigenvalue weighted by Gasteiger charge is -2.22. The van der Waals surface area contributed by atoms with E-state index in [1.807, 2.05) is 24.4 Å². The van der Waals surface area contributed by atoms with E-state index in [9.17, 15) is 9.90 Å². The predicted octanol–water partition coefficient (Wildman–Crippen LogP) is 1.43. The molecule has 1 unspecified atom stereocenters. The van der Waals surface area contributed by atoms with Crippen LogP contribution in [0.1, 0.15) is 28.0 Å². The first kappa shape index (κ1) is 13.8. The largest absolute Gasteiger partial charge is 0.383 e. The molecule has 0 aliphatic heterocycles. The van der Waals surface area contributed by atoms with E-state index in [-0.39, 0.29) is 12.5 Å². The van der Waals surface area contributed by atoms with Crippen LogP contribution in [0.2, 0.25) is 0 Å². The summed E-state index contributed by atoms with van der Waals surface area (Å²) in [5, 5.41) is 19.1. The number of aryl methyl sites for hydroxylation is 2. The van der Waals surface area contributed by atoms with Gasteiger partial charge in [-0.3, -0.25) is 9.48 Å². The third-order valence-electron chi connectivity index (χ3n) is 2.88. The quantitative estimate of drug-likeness (QED) is 0.889. The third kappa shape index (κ3) is 3.02. The van der Waals surface area contributed by atoms with Crippen molar-refractivity contribution in [2.75, 3.05) is 6.54 Å². The highest BCUT2D eigenvalue weighted by atomic mass is 32.1. The minimum atomic E-state index is -1.06. The van der Waals surface area contributed by atoms with E-state index >= 15 is 0 Å². The molecule has 0 saturated heterocycles. The number of nitrogens with zero attached hydrogens (tertiary/aromatic N) is 2. The lowest BCUT2D eigenvalue weighted by atomic mass is 10.1. The van der Waals surface area contributed by atoms with Crippen molar-refractivity contribution in [2.45, 2.75) is 19.4 Å². The van der Waals surface area contributed by atoms with Crippen molar-refractivity contribution < 1.29 is 9.90 Å². The zero-order valence-electron chi connectivity index (χ0n) is 11.2. The van der Waals surface area contributed by atoms with Gasteiger partial charge in [0.1, 0.15) is 11.3 Å². The standard InChI is InChI=1S/C13H17N3O2S/c1-9-7-10(16(3)15-9)12(17)14-8-13(2,18)11-5-4-6-19-11/h4-7,18H,8H2,1-3H3,(H,14,17). The van der Waals surface area contributed by atoms with Crippen LogP contribution in [0.15, 0.2) is 23.6 Å². The monoisotopic (exact) mass is 279 g/mol. The Morgan fingerprint density at radius 2 is 2.37 bits per heavy atom. The summed E-state index contributed by atoms with van der Waals surface area (Å²) < 4.78 is 1.53. The molecule has 0 saturated carbocycles. The second-order valence-electron chi connectivity index (χ2n) is 4.73. The van der Waals surface area contributed by atoms with E-state index in [1.54, 1.807) is 20.0 Å². The first-order chi connectivity index (χ1) is 8.90. The van der Waals surface area contributed by atoms with Crippen molar-refractivity contribution in [3.05, 3.63) is 39.8 Å². The van der Waals surface area contributed by atoms with E-state index in [1.165, 1.54) is 16.0 Å². The van der Waals surface area contributed by atoms with Gasteiger partial charge in [-0.05, 0) is 31.4 Å². The Morgan fingerprint density at radius 3 is 2.89 bits per heavy atom. The number of hydrogen-bond acceptors (Lipinski definition) is 4. The van der Waals surface area contributed by atoms with Crippen LogP contribution >= 0.6 is 11.3 Å². The zero-order chi connectivity index (χ0) is 14.0. The summed E-state index contributed by atoms with van der Waals surface area (Å²) >= 11 is 1.47. The Labute approximate surface area is 115 Å². The van der Waals surface area contributed by atoms with E-state index in [0.717, 1.165) is 10.6 Å². The van der Waals surface area contributed by atoms with Gasteiger partial charge >= 0.3 is 0 Å². The number of hydrogen-bond donors (Lipinski definition) is 2. The van der Waals surface area contributed by atoms with Gasteiger partial charge in [0, 0.05) is 11.9 Å². The average Bonchev–Trinajstić information content (AvgIpc) is 2.96. The molecule has 2 aromatic rings. The molecule has 2 aromatic heterocycles. The van der Waals surface area contributed by atoms with Crippen LogP contribution in [0, 0.1) is 6.92 Å². The number of nitrogens with one attached hydrogen (secondary N) is 1. The van der Waals surface area contributed by atoms with E-state index < -0.39 is 5.60 Å². The molecule has 0 fully saturated rings. The molecule has 0 aromatic carbocycles. The molecule has 0 aliphatic carbocycles. The Hall–Kier alpha value is -1.66. The number of rotatable bonds is 4. The molecule has 0 aliphatic rings. The van der Waals surface area contributed by atoms with Crippen molar-refractivity contribution in [3.8, 4) is 0 Å². The van der Waals surface area contributed by atoms with Gasteiger partial charge in [-0.25, -0.2) is 0 Å². The lowest BCUT2D eigenvalue weighted by Crippen LogP contribution is -2.38. The van der Waals surface area contributed by atoms with Gasteiger partial charge in [0.05, 0.1) is 12.2 Å². The number of thiophene rings is 1. The molecule has 5 nitrogen and oxygen atoms in total. The Balaban J connectivity index is 2.03. The molecule has 2 heterocycles. The van der Waals surface area contributed by atoms with Crippen molar-refractivity contribution in [2.24, 2.45) is 7.05 Å². The summed E-state index contributed by atoms with van der Waals surface area (Å²) in [6, 6.07) is 5.45. The molecule has 1 amide bonds. The fraction of sp³-hybridized carbons (Fsp3) is 0.385. The molecule has 1 atom stereocenters. The first-order valence-corrected chi connectivity index (χ1v) is 6.83. The van der Waals surface area contributed by atoms with E-state index in [4.69, 9.17) is 0 Å².